The summed E-state index contributed by atoms with van der Waals surface area (Å²) in [6.45, 7) is 2.88. The van der Waals surface area contributed by atoms with Crippen LogP contribution in [0.15, 0.2) is 43.0 Å². The molecule has 1 heterocycles. The zero-order chi connectivity index (χ0) is 14.7. The summed E-state index contributed by atoms with van der Waals surface area (Å²) >= 11 is 0. The first kappa shape index (κ1) is 13.9. The Morgan fingerprint density at radius 3 is 2.67 bits per heavy atom. The Bertz CT molecular complexity index is 581. The lowest BCUT2D eigenvalue weighted by atomic mass is 10.0. The molecule has 110 valence electrons. The van der Waals surface area contributed by atoms with Crippen molar-refractivity contribution >= 4 is 5.91 Å². The van der Waals surface area contributed by atoms with Gasteiger partial charge in [0.15, 0.2) is 0 Å². The number of amides is 1. The van der Waals surface area contributed by atoms with Gasteiger partial charge in [-0.1, -0.05) is 31.2 Å². The maximum absolute atomic E-state index is 12.5. The molecule has 1 aromatic heterocycles. The molecule has 1 atom stereocenters. The number of benzene rings is 1. The lowest BCUT2D eigenvalue weighted by molar-refractivity contribution is -0.125. The van der Waals surface area contributed by atoms with Crippen molar-refractivity contribution in [2.24, 2.45) is 5.92 Å². The van der Waals surface area contributed by atoms with Crippen molar-refractivity contribution in [3.05, 3.63) is 54.1 Å². The van der Waals surface area contributed by atoms with Crippen LogP contribution in [0, 0.1) is 5.92 Å². The average Bonchev–Trinajstić information content (AvgIpc) is 3.15. The minimum atomic E-state index is 0.0826. The van der Waals surface area contributed by atoms with Crippen LogP contribution in [0.5, 0.6) is 0 Å². The highest BCUT2D eigenvalue weighted by Crippen LogP contribution is 2.26. The lowest BCUT2D eigenvalue weighted by Crippen LogP contribution is -2.41. The second-order valence-corrected chi connectivity index (χ2v) is 5.75. The largest absolute Gasteiger partial charge is 0.351 e. The number of hydrogen-bond donors (Lipinski definition) is 1. The summed E-state index contributed by atoms with van der Waals surface area (Å²) in [4.78, 5) is 16.5. The third kappa shape index (κ3) is 3.15. The quantitative estimate of drug-likeness (QED) is 0.914. The van der Waals surface area contributed by atoms with E-state index < -0.39 is 0 Å². The van der Waals surface area contributed by atoms with Gasteiger partial charge in [0.25, 0.3) is 0 Å². The number of carbonyl (C=O) groups excluding carboxylic acids is 1. The molecule has 4 nitrogen and oxygen atoms in total. The third-order valence-electron chi connectivity index (χ3n) is 4.25. The smallest absolute Gasteiger partial charge is 0.224 e. The van der Waals surface area contributed by atoms with E-state index in [1.807, 2.05) is 22.9 Å². The monoisotopic (exact) mass is 283 g/mol. The molecule has 21 heavy (non-hydrogen) atoms. The molecule has 0 unspecified atom stereocenters. The molecule has 2 aromatic rings. The predicted octanol–water partition coefficient (Wildman–Crippen LogP) is 2.19. The molecule has 0 bridgehead atoms. The number of nitrogens with zero attached hydrogens (tertiary/aromatic N) is 2. The van der Waals surface area contributed by atoms with Crippen LogP contribution < -0.4 is 5.32 Å². The van der Waals surface area contributed by atoms with E-state index in [1.165, 1.54) is 11.1 Å². The number of nitrogens with one attached hydrogen (secondary N) is 1. The predicted molar refractivity (Wildman–Crippen MR) is 81.8 cm³/mol. The highest BCUT2D eigenvalue weighted by molar-refractivity contribution is 5.80. The van der Waals surface area contributed by atoms with Gasteiger partial charge in [0, 0.05) is 30.9 Å². The Balaban J connectivity index is 1.59. The van der Waals surface area contributed by atoms with Crippen LogP contribution >= 0.6 is 0 Å². The first-order valence-corrected chi connectivity index (χ1v) is 7.59. The van der Waals surface area contributed by atoms with Crippen LogP contribution in [-0.2, 0) is 24.2 Å². The Labute approximate surface area is 125 Å². The van der Waals surface area contributed by atoms with Gasteiger partial charge in [0.2, 0.25) is 5.91 Å². The molecule has 3 rings (SSSR count). The summed E-state index contributed by atoms with van der Waals surface area (Å²) in [6, 6.07) is 8.52. The zero-order valence-corrected chi connectivity index (χ0v) is 12.3. The van der Waals surface area contributed by atoms with E-state index in [0.717, 1.165) is 25.8 Å². The Morgan fingerprint density at radius 2 is 2.10 bits per heavy atom. The van der Waals surface area contributed by atoms with Gasteiger partial charge in [-0.3, -0.25) is 4.79 Å². The van der Waals surface area contributed by atoms with E-state index in [2.05, 4.69) is 29.4 Å². The molecular weight excluding hydrogens is 262 g/mol. The Kier molecular flexibility index (Phi) is 4.04. The first-order chi connectivity index (χ1) is 10.3. The zero-order valence-electron chi connectivity index (χ0n) is 12.3. The standard InChI is InChI=1S/C17H21N3O/c1-2-16(11-20-8-7-18-12-20)19-17(21)15-9-13-5-3-4-6-14(13)10-15/h3-8,12,15-16H,2,9-11H2,1H3,(H,19,21)/t16-/m0/s1. The molecule has 0 saturated heterocycles. The van der Waals surface area contributed by atoms with Gasteiger partial charge >= 0.3 is 0 Å². The third-order valence-corrected chi connectivity index (χ3v) is 4.25. The number of imidazole rings is 1. The molecule has 0 aliphatic heterocycles. The maximum atomic E-state index is 12.5. The molecule has 1 aromatic carbocycles. The maximum Gasteiger partial charge on any atom is 0.224 e. The highest BCUT2D eigenvalue weighted by atomic mass is 16.1. The Hall–Kier alpha value is -2.10. The number of carbonyl (C=O) groups is 1. The fraction of sp³-hybridized carbons (Fsp3) is 0.412. The van der Waals surface area contributed by atoms with Gasteiger partial charge < -0.3 is 9.88 Å². The summed E-state index contributed by atoms with van der Waals surface area (Å²) in [6.07, 6.45) is 8.14. The molecule has 0 fully saturated rings. The Morgan fingerprint density at radius 1 is 1.38 bits per heavy atom. The fourth-order valence-electron chi connectivity index (χ4n) is 2.99. The van der Waals surface area contributed by atoms with Crippen molar-refractivity contribution in [2.45, 2.75) is 38.8 Å². The average molecular weight is 283 g/mol. The van der Waals surface area contributed by atoms with Gasteiger partial charge in [-0.2, -0.15) is 0 Å². The van der Waals surface area contributed by atoms with Crippen molar-refractivity contribution in [3.8, 4) is 0 Å². The van der Waals surface area contributed by atoms with Gasteiger partial charge in [-0.25, -0.2) is 4.98 Å². The molecule has 1 aliphatic carbocycles. The molecule has 0 saturated carbocycles. The highest BCUT2D eigenvalue weighted by Gasteiger charge is 2.28. The minimum Gasteiger partial charge on any atom is -0.351 e. The molecule has 4 heteroatoms. The van der Waals surface area contributed by atoms with Gasteiger partial charge in [-0.15, -0.1) is 0 Å². The summed E-state index contributed by atoms with van der Waals surface area (Å²) in [5.41, 5.74) is 2.64. The molecule has 0 spiro atoms. The summed E-state index contributed by atoms with van der Waals surface area (Å²) in [5, 5.41) is 3.19. The SMILES string of the molecule is CC[C@@H](Cn1ccnc1)NC(=O)C1Cc2ccccc2C1. The van der Waals surface area contributed by atoms with E-state index in [9.17, 15) is 4.79 Å². The fourth-order valence-corrected chi connectivity index (χ4v) is 2.99. The van der Waals surface area contributed by atoms with Gasteiger partial charge in [0.1, 0.15) is 0 Å². The van der Waals surface area contributed by atoms with Gasteiger partial charge in [-0.05, 0) is 30.4 Å². The van der Waals surface area contributed by atoms with Crippen LogP contribution in [-0.4, -0.2) is 21.5 Å². The van der Waals surface area contributed by atoms with E-state index in [0.29, 0.717) is 0 Å². The van der Waals surface area contributed by atoms with E-state index in [-0.39, 0.29) is 17.9 Å². The van der Waals surface area contributed by atoms with Crippen molar-refractivity contribution in [1.29, 1.82) is 0 Å². The normalized spacial score (nSPS) is 15.7. The van der Waals surface area contributed by atoms with Crippen LogP contribution in [0.2, 0.25) is 0 Å². The lowest BCUT2D eigenvalue weighted by Gasteiger charge is -2.20. The van der Waals surface area contributed by atoms with Crippen molar-refractivity contribution in [1.82, 2.24) is 14.9 Å². The summed E-state index contributed by atoms with van der Waals surface area (Å²) in [5.74, 6) is 0.261. The minimum absolute atomic E-state index is 0.0826. The molecular formula is C17H21N3O. The number of fused-ring (bicyclic) bond motifs is 1. The number of rotatable bonds is 5. The molecule has 0 radical (unpaired) electrons. The number of aromatic nitrogens is 2. The molecule has 1 amide bonds. The second-order valence-electron chi connectivity index (χ2n) is 5.75. The van der Waals surface area contributed by atoms with Crippen molar-refractivity contribution in [3.63, 3.8) is 0 Å². The molecule has 1 aliphatic rings. The topological polar surface area (TPSA) is 46.9 Å². The van der Waals surface area contributed by atoms with Crippen molar-refractivity contribution in [2.75, 3.05) is 0 Å². The second kappa shape index (κ2) is 6.12. The van der Waals surface area contributed by atoms with Crippen LogP contribution in [0.3, 0.4) is 0 Å². The van der Waals surface area contributed by atoms with Crippen LogP contribution in [0.4, 0.5) is 0 Å². The van der Waals surface area contributed by atoms with Crippen molar-refractivity contribution < 1.29 is 4.79 Å². The summed E-state index contributed by atoms with van der Waals surface area (Å²) < 4.78 is 2.01. The van der Waals surface area contributed by atoms with E-state index >= 15 is 0 Å². The summed E-state index contributed by atoms with van der Waals surface area (Å²) in [7, 11) is 0. The van der Waals surface area contributed by atoms with E-state index in [1.54, 1.807) is 12.5 Å². The first-order valence-electron chi connectivity index (χ1n) is 7.59. The van der Waals surface area contributed by atoms with Crippen LogP contribution in [0.1, 0.15) is 24.5 Å². The van der Waals surface area contributed by atoms with Gasteiger partial charge in [0.05, 0.1) is 6.33 Å². The van der Waals surface area contributed by atoms with E-state index in [4.69, 9.17) is 0 Å². The number of hydrogen-bond acceptors (Lipinski definition) is 2. The molecule has 1 N–H and O–H groups in total. The van der Waals surface area contributed by atoms with Crippen LogP contribution in [0.25, 0.3) is 0 Å².